The number of fused-ring (bicyclic) bond motifs is 1. The van der Waals surface area contributed by atoms with Crippen LogP contribution in [0, 0.1) is 18.8 Å². The molecule has 5 rings (SSSR count). The summed E-state index contributed by atoms with van der Waals surface area (Å²) in [7, 11) is 3.83. The molecule has 41 heavy (non-hydrogen) atoms. The zero-order chi connectivity index (χ0) is 29.3. The second-order valence-corrected chi connectivity index (χ2v) is 10.3. The van der Waals surface area contributed by atoms with E-state index in [1.54, 1.807) is 29.0 Å². The molecule has 1 aliphatic heterocycles. The maximum Gasteiger partial charge on any atom is 0.416 e. The number of nitrogens with one attached hydrogen (secondary N) is 1. The number of benzene rings is 2. The lowest BCUT2D eigenvalue weighted by Crippen LogP contribution is -2.44. The smallest absolute Gasteiger partial charge is 0.383 e. The van der Waals surface area contributed by atoms with Gasteiger partial charge in [-0.2, -0.15) is 13.2 Å². The molecule has 11 heteroatoms. The first-order chi connectivity index (χ1) is 19.5. The first kappa shape index (κ1) is 28.1. The van der Waals surface area contributed by atoms with E-state index in [0.29, 0.717) is 41.1 Å². The van der Waals surface area contributed by atoms with Crippen LogP contribution in [-0.2, 0) is 19.8 Å². The average Bonchev–Trinajstić information content (AvgIpc) is 3.26. The molecule has 0 saturated carbocycles. The number of likely N-dealkylation sites (N-methyl/N-ethyl adjacent to an activating group) is 1. The van der Waals surface area contributed by atoms with Crippen molar-refractivity contribution in [3.05, 3.63) is 82.3 Å². The Bertz CT molecular complexity index is 1680. The molecule has 212 valence electrons. The highest BCUT2D eigenvalue weighted by Crippen LogP contribution is 2.35. The van der Waals surface area contributed by atoms with Crippen LogP contribution in [-0.4, -0.2) is 63.5 Å². The molecule has 0 bridgehead atoms. The third-order valence-corrected chi connectivity index (χ3v) is 7.28. The van der Waals surface area contributed by atoms with Gasteiger partial charge in [0.25, 0.3) is 5.91 Å². The molecule has 1 saturated heterocycles. The topological polar surface area (TPSA) is 92.3 Å². The van der Waals surface area contributed by atoms with Crippen molar-refractivity contribution in [2.75, 3.05) is 44.3 Å². The van der Waals surface area contributed by atoms with Gasteiger partial charge in [-0.15, -0.1) is 0 Å². The number of nitrogens with zero attached hydrogens (tertiary/aromatic N) is 5. The van der Waals surface area contributed by atoms with E-state index in [9.17, 15) is 18.0 Å². The summed E-state index contributed by atoms with van der Waals surface area (Å²) in [5, 5.41) is 3.26. The van der Waals surface area contributed by atoms with Crippen LogP contribution in [0.1, 0.15) is 38.2 Å². The van der Waals surface area contributed by atoms with Gasteiger partial charge < -0.3 is 20.5 Å². The van der Waals surface area contributed by atoms with Gasteiger partial charge in [0.1, 0.15) is 17.8 Å². The molecule has 0 aliphatic carbocycles. The molecule has 2 aromatic heterocycles. The summed E-state index contributed by atoms with van der Waals surface area (Å²) < 4.78 is 43.7. The Labute approximate surface area is 236 Å². The number of aryl methyl sites for hydroxylation is 2. The minimum absolute atomic E-state index is 0.0730. The summed E-state index contributed by atoms with van der Waals surface area (Å²) >= 11 is 0. The predicted molar refractivity (Wildman–Crippen MR) is 152 cm³/mol. The lowest BCUT2D eigenvalue weighted by atomic mass is 10.0. The number of nitrogen functional groups attached to an aromatic ring is 1. The van der Waals surface area contributed by atoms with E-state index in [1.165, 1.54) is 18.5 Å². The predicted octanol–water partition coefficient (Wildman–Crippen LogP) is 4.28. The van der Waals surface area contributed by atoms with E-state index in [4.69, 9.17) is 5.73 Å². The highest BCUT2D eigenvalue weighted by atomic mass is 19.4. The summed E-state index contributed by atoms with van der Waals surface area (Å²) in [5.41, 5.74) is 8.57. The van der Waals surface area contributed by atoms with Crippen molar-refractivity contribution in [1.29, 1.82) is 0 Å². The van der Waals surface area contributed by atoms with E-state index in [0.717, 1.165) is 24.7 Å². The van der Waals surface area contributed by atoms with Gasteiger partial charge in [0.2, 0.25) is 0 Å². The Morgan fingerprint density at radius 3 is 2.49 bits per heavy atom. The van der Waals surface area contributed by atoms with Crippen molar-refractivity contribution in [1.82, 2.24) is 24.3 Å². The van der Waals surface area contributed by atoms with Gasteiger partial charge in [0.15, 0.2) is 0 Å². The van der Waals surface area contributed by atoms with Gasteiger partial charge in [-0.05, 0) is 49.4 Å². The Balaban J connectivity index is 1.37. The van der Waals surface area contributed by atoms with Gasteiger partial charge in [-0.3, -0.25) is 9.69 Å². The maximum absolute atomic E-state index is 14.0. The Morgan fingerprint density at radius 2 is 1.76 bits per heavy atom. The largest absolute Gasteiger partial charge is 0.416 e. The molecule has 0 atom stereocenters. The molecule has 1 amide bonds. The molecule has 0 radical (unpaired) electrons. The van der Waals surface area contributed by atoms with Crippen LogP contribution < -0.4 is 11.1 Å². The van der Waals surface area contributed by atoms with Crippen molar-refractivity contribution in [2.45, 2.75) is 19.6 Å². The molecule has 1 fully saturated rings. The fourth-order valence-electron chi connectivity index (χ4n) is 4.87. The molecule has 3 N–H and O–H groups in total. The van der Waals surface area contributed by atoms with Crippen LogP contribution >= 0.6 is 0 Å². The summed E-state index contributed by atoms with van der Waals surface area (Å²) in [6.45, 7) is 5.08. The van der Waals surface area contributed by atoms with E-state index in [-0.39, 0.29) is 23.4 Å². The van der Waals surface area contributed by atoms with Crippen LogP contribution in [0.15, 0.2) is 48.9 Å². The quantitative estimate of drug-likeness (QED) is 0.362. The first-order valence-corrected chi connectivity index (χ1v) is 13.1. The number of alkyl halides is 3. The van der Waals surface area contributed by atoms with Crippen molar-refractivity contribution in [3.8, 4) is 11.8 Å². The van der Waals surface area contributed by atoms with Crippen LogP contribution in [0.5, 0.6) is 0 Å². The fourth-order valence-corrected chi connectivity index (χ4v) is 4.87. The molecular weight excluding hydrogens is 531 g/mol. The average molecular weight is 562 g/mol. The highest BCUT2D eigenvalue weighted by molar-refractivity contribution is 6.04. The molecule has 0 unspecified atom stereocenters. The van der Waals surface area contributed by atoms with Gasteiger partial charge in [-0.25, -0.2) is 9.97 Å². The third-order valence-electron chi connectivity index (χ3n) is 7.28. The standard InChI is InChI=1S/C30H30F3N7O/c1-19-4-5-21(14-20(19)6-7-23-16-39(3)28-26(23)27(34)35-18-36-28)29(41)37-24-9-8-22(25(15-24)30(31,32)33)17-40-12-10-38(2)11-13-40/h4-5,8-9,14-16,18H,10-13,17H2,1-3H3,(H,37,41)(H2,34,35,36). The molecular formula is C30H30F3N7O. The van der Waals surface area contributed by atoms with Crippen molar-refractivity contribution in [2.24, 2.45) is 7.05 Å². The number of aromatic nitrogens is 3. The molecule has 8 nitrogen and oxygen atoms in total. The summed E-state index contributed by atoms with van der Waals surface area (Å²) in [4.78, 5) is 25.5. The number of carbonyl (C=O) groups is 1. The monoisotopic (exact) mass is 561 g/mol. The number of hydrogen-bond acceptors (Lipinski definition) is 6. The number of amides is 1. The van der Waals surface area contributed by atoms with E-state index >= 15 is 0 Å². The fraction of sp³-hybridized carbons (Fsp3) is 0.300. The molecule has 0 spiro atoms. The summed E-state index contributed by atoms with van der Waals surface area (Å²) in [6.07, 6.45) is -1.36. The zero-order valence-electron chi connectivity index (χ0n) is 23.0. The number of hydrogen-bond donors (Lipinski definition) is 2. The second kappa shape index (κ2) is 11.2. The Hall–Kier alpha value is -4.40. The second-order valence-electron chi connectivity index (χ2n) is 10.3. The van der Waals surface area contributed by atoms with Gasteiger partial charge in [-0.1, -0.05) is 24.0 Å². The number of nitrogens with two attached hydrogens (primary N) is 1. The lowest BCUT2D eigenvalue weighted by Gasteiger charge is -2.33. The van der Waals surface area contributed by atoms with E-state index < -0.39 is 17.6 Å². The van der Waals surface area contributed by atoms with E-state index in [2.05, 4.69) is 32.0 Å². The number of anilines is 2. The highest BCUT2D eigenvalue weighted by Gasteiger charge is 2.34. The zero-order valence-corrected chi connectivity index (χ0v) is 23.0. The van der Waals surface area contributed by atoms with Crippen molar-refractivity contribution >= 4 is 28.4 Å². The normalized spacial score (nSPS) is 14.6. The maximum atomic E-state index is 14.0. The third kappa shape index (κ3) is 6.19. The van der Waals surface area contributed by atoms with Crippen LogP contribution in [0.25, 0.3) is 11.0 Å². The van der Waals surface area contributed by atoms with Crippen LogP contribution in [0.2, 0.25) is 0 Å². The SMILES string of the molecule is Cc1ccc(C(=O)Nc2ccc(CN3CCN(C)CC3)c(C(F)(F)F)c2)cc1C#Cc1cn(C)c2ncnc(N)c12. The first-order valence-electron chi connectivity index (χ1n) is 13.1. The van der Waals surface area contributed by atoms with Crippen molar-refractivity contribution < 1.29 is 18.0 Å². The summed E-state index contributed by atoms with van der Waals surface area (Å²) in [5.74, 6) is 5.97. The van der Waals surface area contributed by atoms with Crippen LogP contribution in [0.4, 0.5) is 24.7 Å². The van der Waals surface area contributed by atoms with Gasteiger partial charge in [0, 0.05) is 62.8 Å². The molecule has 3 heterocycles. The van der Waals surface area contributed by atoms with E-state index in [1.807, 2.05) is 25.9 Å². The lowest BCUT2D eigenvalue weighted by molar-refractivity contribution is -0.138. The molecule has 4 aromatic rings. The Kier molecular flexibility index (Phi) is 7.71. The number of halogens is 3. The molecule has 2 aromatic carbocycles. The minimum atomic E-state index is -4.55. The Morgan fingerprint density at radius 1 is 1.02 bits per heavy atom. The minimum Gasteiger partial charge on any atom is -0.383 e. The number of piperazine rings is 1. The van der Waals surface area contributed by atoms with Crippen molar-refractivity contribution in [3.63, 3.8) is 0 Å². The van der Waals surface area contributed by atoms with Gasteiger partial charge >= 0.3 is 6.18 Å². The number of rotatable bonds is 4. The van der Waals surface area contributed by atoms with Crippen LogP contribution in [0.3, 0.4) is 0 Å². The summed E-state index contributed by atoms with van der Waals surface area (Å²) in [6, 6.07) is 8.95. The van der Waals surface area contributed by atoms with Gasteiger partial charge in [0.05, 0.1) is 16.5 Å². The number of carbonyl (C=O) groups excluding carboxylic acids is 1. The molecule has 1 aliphatic rings.